The number of nitrogen functional groups attached to an aromatic ring is 1. The average molecular weight is 125 g/mol. The van der Waals surface area contributed by atoms with Gasteiger partial charge in [0.25, 0.3) is 0 Å². The van der Waals surface area contributed by atoms with Crippen LogP contribution in [-0.4, -0.2) is 7.11 Å². The summed E-state index contributed by atoms with van der Waals surface area (Å²) >= 11 is 0. The molecule has 48 valence electrons. The van der Waals surface area contributed by atoms with Crippen LogP contribution in [0.25, 0.3) is 0 Å². The Labute approximate surface area is 53.6 Å². The molecule has 1 heterocycles. The van der Waals surface area contributed by atoms with Crippen LogP contribution in [0.15, 0.2) is 24.4 Å². The summed E-state index contributed by atoms with van der Waals surface area (Å²) < 4.78 is 1.49. The van der Waals surface area contributed by atoms with Gasteiger partial charge in [0.05, 0.1) is 0 Å². The summed E-state index contributed by atoms with van der Waals surface area (Å²) in [4.78, 5) is 4.84. The Balaban J connectivity index is 3.01. The number of hydrogen-bond donors (Lipinski definition) is 1. The van der Waals surface area contributed by atoms with Gasteiger partial charge in [0.1, 0.15) is 13.3 Å². The fraction of sp³-hybridized carbons (Fsp3) is 0.167. The highest BCUT2D eigenvalue weighted by atomic mass is 16.6. The molecule has 0 bridgehead atoms. The van der Waals surface area contributed by atoms with Crippen LogP contribution in [0.4, 0.5) is 5.82 Å². The van der Waals surface area contributed by atoms with Crippen molar-refractivity contribution in [1.82, 2.24) is 0 Å². The minimum atomic E-state index is 0.597. The zero-order valence-corrected chi connectivity index (χ0v) is 5.24. The van der Waals surface area contributed by atoms with E-state index in [2.05, 4.69) is 0 Å². The van der Waals surface area contributed by atoms with Gasteiger partial charge in [-0.15, -0.1) is 0 Å². The molecule has 0 atom stereocenters. The number of pyridine rings is 1. The molecule has 0 spiro atoms. The van der Waals surface area contributed by atoms with Crippen molar-refractivity contribution in [1.29, 1.82) is 0 Å². The zero-order valence-electron chi connectivity index (χ0n) is 5.24. The lowest BCUT2D eigenvalue weighted by Gasteiger charge is -1.95. The van der Waals surface area contributed by atoms with E-state index in [-0.39, 0.29) is 0 Å². The van der Waals surface area contributed by atoms with Gasteiger partial charge in [0, 0.05) is 6.07 Å². The van der Waals surface area contributed by atoms with Crippen molar-refractivity contribution in [2.75, 3.05) is 12.8 Å². The Kier molecular flexibility index (Phi) is 1.53. The molecular formula is C6H9N2O+. The number of anilines is 1. The molecular weight excluding hydrogens is 116 g/mol. The molecule has 0 aromatic carbocycles. The third-order valence-corrected chi connectivity index (χ3v) is 1.05. The Morgan fingerprint density at radius 2 is 2.33 bits per heavy atom. The van der Waals surface area contributed by atoms with Crippen molar-refractivity contribution in [3.8, 4) is 0 Å². The Morgan fingerprint density at radius 1 is 1.56 bits per heavy atom. The lowest BCUT2D eigenvalue weighted by atomic mass is 10.5. The smallest absolute Gasteiger partial charge is 0.311 e. The summed E-state index contributed by atoms with van der Waals surface area (Å²) in [6.07, 6.45) is 1.75. The van der Waals surface area contributed by atoms with Crippen LogP contribution in [0.1, 0.15) is 0 Å². The molecule has 0 aliphatic carbocycles. The van der Waals surface area contributed by atoms with Crippen molar-refractivity contribution in [2.45, 2.75) is 0 Å². The second kappa shape index (κ2) is 2.35. The molecule has 1 aromatic heterocycles. The fourth-order valence-corrected chi connectivity index (χ4v) is 0.608. The van der Waals surface area contributed by atoms with Gasteiger partial charge in [-0.2, -0.15) is 0 Å². The highest BCUT2D eigenvalue weighted by molar-refractivity contribution is 5.18. The van der Waals surface area contributed by atoms with E-state index in [9.17, 15) is 0 Å². The molecule has 3 nitrogen and oxygen atoms in total. The SMILES string of the molecule is CO[n+]1ccccc1N. The molecule has 0 aliphatic heterocycles. The first-order valence-corrected chi connectivity index (χ1v) is 2.65. The summed E-state index contributed by atoms with van der Waals surface area (Å²) in [5, 5.41) is 0. The molecule has 0 amide bonds. The van der Waals surface area contributed by atoms with Crippen molar-refractivity contribution in [3.63, 3.8) is 0 Å². The van der Waals surface area contributed by atoms with Crippen molar-refractivity contribution in [3.05, 3.63) is 24.4 Å². The predicted octanol–water partition coefficient (Wildman–Crippen LogP) is -0.385. The van der Waals surface area contributed by atoms with E-state index < -0.39 is 0 Å². The van der Waals surface area contributed by atoms with E-state index in [1.807, 2.05) is 12.1 Å². The maximum absolute atomic E-state index is 5.47. The van der Waals surface area contributed by atoms with Gasteiger partial charge in [-0.05, 0) is 6.07 Å². The maximum atomic E-state index is 5.47. The van der Waals surface area contributed by atoms with Crippen molar-refractivity contribution < 1.29 is 9.57 Å². The van der Waals surface area contributed by atoms with Gasteiger partial charge in [0.15, 0.2) is 0 Å². The molecule has 9 heavy (non-hydrogen) atoms. The van der Waals surface area contributed by atoms with Crippen molar-refractivity contribution >= 4 is 5.82 Å². The van der Waals surface area contributed by atoms with Gasteiger partial charge in [-0.3, -0.25) is 5.73 Å². The van der Waals surface area contributed by atoms with Crippen LogP contribution >= 0.6 is 0 Å². The molecule has 2 N–H and O–H groups in total. The van der Waals surface area contributed by atoms with Gasteiger partial charge < -0.3 is 4.84 Å². The molecule has 0 aliphatic rings. The number of hydrogen-bond acceptors (Lipinski definition) is 2. The Morgan fingerprint density at radius 3 is 2.78 bits per heavy atom. The van der Waals surface area contributed by atoms with Crippen LogP contribution in [0, 0.1) is 0 Å². The lowest BCUT2D eigenvalue weighted by molar-refractivity contribution is -0.874. The minimum Gasteiger partial charge on any atom is -0.339 e. The molecule has 1 aromatic rings. The van der Waals surface area contributed by atoms with E-state index in [4.69, 9.17) is 10.6 Å². The van der Waals surface area contributed by atoms with Crippen LogP contribution in [-0.2, 0) is 0 Å². The quantitative estimate of drug-likeness (QED) is 0.519. The van der Waals surface area contributed by atoms with E-state index in [0.29, 0.717) is 5.82 Å². The number of nitrogens with zero attached hydrogens (tertiary/aromatic N) is 1. The highest BCUT2D eigenvalue weighted by Gasteiger charge is 1.97. The second-order valence-corrected chi connectivity index (χ2v) is 1.63. The van der Waals surface area contributed by atoms with Gasteiger partial charge >= 0.3 is 5.82 Å². The molecule has 0 unspecified atom stereocenters. The summed E-state index contributed by atoms with van der Waals surface area (Å²) in [6.45, 7) is 0. The summed E-state index contributed by atoms with van der Waals surface area (Å²) in [5.41, 5.74) is 5.47. The van der Waals surface area contributed by atoms with Crippen LogP contribution in [0.3, 0.4) is 0 Å². The van der Waals surface area contributed by atoms with Gasteiger partial charge in [0.2, 0.25) is 0 Å². The van der Waals surface area contributed by atoms with Gasteiger partial charge in [-0.25, -0.2) is 0 Å². The topological polar surface area (TPSA) is 39.1 Å². The van der Waals surface area contributed by atoms with E-state index >= 15 is 0 Å². The van der Waals surface area contributed by atoms with E-state index in [0.717, 1.165) is 0 Å². The third-order valence-electron chi connectivity index (χ3n) is 1.05. The van der Waals surface area contributed by atoms with Crippen LogP contribution in [0.2, 0.25) is 0 Å². The fourth-order valence-electron chi connectivity index (χ4n) is 0.608. The molecule has 0 saturated heterocycles. The maximum Gasteiger partial charge on any atom is 0.311 e. The van der Waals surface area contributed by atoms with Gasteiger partial charge in [-0.1, -0.05) is 10.8 Å². The number of rotatable bonds is 1. The number of aromatic nitrogens is 1. The molecule has 1 rings (SSSR count). The summed E-state index contributed by atoms with van der Waals surface area (Å²) in [5.74, 6) is 0.597. The first kappa shape index (κ1) is 5.88. The largest absolute Gasteiger partial charge is 0.339 e. The number of nitrogens with two attached hydrogens (primary N) is 1. The first-order valence-electron chi connectivity index (χ1n) is 2.65. The average Bonchev–Trinajstić information content (AvgIpc) is 1.89. The van der Waals surface area contributed by atoms with Crippen molar-refractivity contribution in [2.24, 2.45) is 0 Å². The minimum absolute atomic E-state index is 0.597. The third kappa shape index (κ3) is 1.10. The predicted molar refractivity (Wildman–Crippen MR) is 33.6 cm³/mol. The monoisotopic (exact) mass is 125 g/mol. The molecule has 3 heteroatoms. The highest BCUT2D eigenvalue weighted by Crippen LogP contribution is 1.87. The first-order chi connectivity index (χ1) is 4.34. The van der Waals surface area contributed by atoms with Crippen LogP contribution < -0.4 is 15.3 Å². The lowest BCUT2D eigenvalue weighted by Crippen LogP contribution is -2.42. The van der Waals surface area contributed by atoms with Crippen LogP contribution in [0.5, 0.6) is 0 Å². The summed E-state index contributed by atoms with van der Waals surface area (Å²) in [6, 6.07) is 5.47. The van der Waals surface area contributed by atoms with E-state index in [1.54, 1.807) is 19.4 Å². The second-order valence-electron chi connectivity index (χ2n) is 1.63. The Bertz CT molecular complexity index is 200. The van der Waals surface area contributed by atoms with E-state index in [1.165, 1.54) is 4.73 Å². The Hall–Kier alpha value is -1.25. The summed E-state index contributed by atoms with van der Waals surface area (Å²) in [7, 11) is 1.57. The molecule has 0 saturated carbocycles. The zero-order chi connectivity index (χ0) is 6.69. The molecule has 0 fully saturated rings. The standard InChI is InChI=1S/C6H8N2O/c1-9-8-5-3-2-4-6(8)7/h2-5,7H,1H3/p+1. The normalized spacial score (nSPS) is 9.00. The molecule has 0 radical (unpaired) electrons.